The molecule has 1 N–H and O–H groups in total. The average molecular weight is 540 g/mol. The maximum atomic E-state index is 13.0. The number of alkyl halides is 1. The fraction of sp³-hybridized carbons (Fsp3) is 0.345. The molecule has 0 aromatic heterocycles. The number of benzene rings is 3. The van der Waals surface area contributed by atoms with E-state index in [1.807, 2.05) is 18.2 Å². The Morgan fingerprint density at radius 2 is 1.32 bits per heavy atom. The second kappa shape index (κ2) is 14.3. The molecule has 0 saturated carbocycles. The molecule has 0 atom stereocenters. The minimum atomic E-state index is -0.467. The molecule has 0 spiro atoms. The zero-order valence-electron chi connectivity index (χ0n) is 20.0. The molecule has 3 aromatic carbocycles. The highest BCUT2D eigenvalue weighted by Crippen LogP contribution is 2.48. The normalized spacial score (nSPS) is 11.5. The van der Waals surface area contributed by atoms with Gasteiger partial charge < -0.3 is 10.2 Å². The Labute approximate surface area is 217 Å². The molecule has 180 valence electrons. The SMILES string of the molecule is CCCN(CCCBr)CCNC(=O)CSC(c1ccccc1)(c1ccccc1)c1ccccc1. The first kappa shape index (κ1) is 26.5. The van der Waals surface area contributed by atoms with Crippen molar-refractivity contribution in [2.45, 2.75) is 24.5 Å². The van der Waals surface area contributed by atoms with Gasteiger partial charge >= 0.3 is 0 Å². The van der Waals surface area contributed by atoms with Crippen molar-refractivity contribution in [2.75, 3.05) is 37.3 Å². The number of amides is 1. The van der Waals surface area contributed by atoms with Gasteiger partial charge in [-0.05, 0) is 42.6 Å². The third kappa shape index (κ3) is 7.21. The first-order valence-electron chi connectivity index (χ1n) is 12.1. The summed E-state index contributed by atoms with van der Waals surface area (Å²) in [6.07, 6.45) is 2.25. The molecule has 0 fully saturated rings. The van der Waals surface area contributed by atoms with E-state index in [4.69, 9.17) is 0 Å². The molecular weight excluding hydrogens is 504 g/mol. The van der Waals surface area contributed by atoms with Crippen LogP contribution in [-0.4, -0.2) is 48.1 Å². The van der Waals surface area contributed by atoms with Gasteiger partial charge in [-0.2, -0.15) is 0 Å². The van der Waals surface area contributed by atoms with Crippen molar-refractivity contribution in [1.29, 1.82) is 0 Å². The van der Waals surface area contributed by atoms with Crippen LogP contribution in [-0.2, 0) is 9.54 Å². The molecule has 0 aliphatic carbocycles. The highest BCUT2D eigenvalue weighted by atomic mass is 79.9. The van der Waals surface area contributed by atoms with Crippen LogP contribution in [0.1, 0.15) is 36.5 Å². The van der Waals surface area contributed by atoms with Crippen LogP contribution in [0.2, 0.25) is 0 Å². The quantitative estimate of drug-likeness (QED) is 0.192. The van der Waals surface area contributed by atoms with Gasteiger partial charge in [0.05, 0.1) is 10.5 Å². The van der Waals surface area contributed by atoms with E-state index >= 15 is 0 Å². The molecule has 5 heteroatoms. The van der Waals surface area contributed by atoms with E-state index in [0.29, 0.717) is 12.3 Å². The lowest BCUT2D eigenvalue weighted by molar-refractivity contribution is -0.118. The summed E-state index contributed by atoms with van der Waals surface area (Å²) in [5, 5.41) is 4.17. The summed E-state index contributed by atoms with van der Waals surface area (Å²) in [6, 6.07) is 31.6. The molecule has 0 heterocycles. The van der Waals surface area contributed by atoms with Crippen LogP contribution in [0, 0.1) is 0 Å². The van der Waals surface area contributed by atoms with E-state index in [2.05, 4.69) is 106 Å². The molecule has 1 amide bonds. The Bertz CT molecular complexity index is 873. The monoisotopic (exact) mass is 538 g/mol. The molecule has 0 unspecified atom stereocenters. The molecule has 0 aliphatic rings. The second-order valence-electron chi connectivity index (χ2n) is 8.30. The molecule has 0 bridgehead atoms. The van der Waals surface area contributed by atoms with Crippen LogP contribution in [0.25, 0.3) is 0 Å². The summed E-state index contributed by atoms with van der Waals surface area (Å²) >= 11 is 5.21. The summed E-state index contributed by atoms with van der Waals surface area (Å²) in [7, 11) is 0. The number of nitrogens with zero attached hydrogens (tertiary/aromatic N) is 1. The number of hydrogen-bond acceptors (Lipinski definition) is 3. The number of carbonyl (C=O) groups is 1. The van der Waals surface area contributed by atoms with Gasteiger partial charge in [0.1, 0.15) is 0 Å². The number of nitrogens with one attached hydrogen (secondary N) is 1. The topological polar surface area (TPSA) is 32.3 Å². The first-order chi connectivity index (χ1) is 16.7. The summed E-state index contributed by atoms with van der Waals surface area (Å²) in [4.78, 5) is 15.4. The first-order valence-corrected chi connectivity index (χ1v) is 14.2. The van der Waals surface area contributed by atoms with Crippen LogP contribution in [0.5, 0.6) is 0 Å². The molecule has 34 heavy (non-hydrogen) atoms. The number of halogens is 1. The largest absolute Gasteiger partial charge is 0.354 e. The average Bonchev–Trinajstić information content (AvgIpc) is 2.89. The Morgan fingerprint density at radius 1 is 0.824 bits per heavy atom. The van der Waals surface area contributed by atoms with E-state index in [1.165, 1.54) is 16.7 Å². The van der Waals surface area contributed by atoms with Gasteiger partial charge in [0.25, 0.3) is 0 Å². The van der Waals surface area contributed by atoms with Crippen molar-refractivity contribution in [3.8, 4) is 0 Å². The molecule has 0 saturated heterocycles. The van der Waals surface area contributed by atoms with Crippen molar-refractivity contribution in [1.82, 2.24) is 10.2 Å². The van der Waals surface area contributed by atoms with E-state index in [0.717, 1.165) is 37.8 Å². The van der Waals surface area contributed by atoms with Crippen LogP contribution >= 0.6 is 27.7 Å². The molecule has 3 nitrogen and oxygen atoms in total. The summed E-state index contributed by atoms with van der Waals surface area (Å²) < 4.78 is -0.467. The summed E-state index contributed by atoms with van der Waals surface area (Å²) in [5.41, 5.74) is 3.53. The van der Waals surface area contributed by atoms with E-state index in [-0.39, 0.29) is 5.91 Å². The lowest BCUT2D eigenvalue weighted by atomic mass is 9.84. The van der Waals surface area contributed by atoms with Gasteiger partial charge in [0.2, 0.25) is 5.91 Å². The maximum Gasteiger partial charge on any atom is 0.230 e. The maximum absolute atomic E-state index is 13.0. The highest BCUT2D eigenvalue weighted by Gasteiger charge is 2.37. The lowest BCUT2D eigenvalue weighted by Crippen LogP contribution is -2.37. The van der Waals surface area contributed by atoms with Crippen LogP contribution in [0.4, 0.5) is 0 Å². The van der Waals surface area contributed by atoms with E-state index < -0.39 is 4.75 Å². The van der Waals surface area contributed by atoms with Gasteiger partial charge in [-0.3, -0.25) is 4.79 Å². The van der Waals surface area contributed by atoms with Gasteiger partial charge in [-0.25, -0.2) is 0 Å². The third-order valence-electron chi connectivity index (χ3n) is 5.86. The molecule has 3 rings (SSSR count). The number of thioether (sulfide) groups is 1. The minimum Gasteiger partial charge on any atom is -0.354 e. The Balaban J connectivity index is 1.78. The fourth-order valence-electron chi connectivity index (χ4n) is 4.28. The standard InChI is InChI=1S/C29H35BrN2OS/c1-2-21-32(22-12-19-30)23-20-31-28(33)24-34-29(25-13-6-3-7-14-25,26-15-8-4-9-16-26)27-17-10-5-11-18-27/h3-11,13-18H,2,12,19-24H2,1H3,(H,31,33). The number of hydrogen-bond donors (Lipinski definition) is 1. The van der Waals surface area contributed by atoms with Gasteiger partial charge in [0.15, 0.2) is 0 Å². The number of carbonyl (C=O) groups excluding carboxylic acids is 1. The Hall–Kier alpha value is -2.08. The van der Waals surface area contributed by atoms with Crippen molar-refractivity contribution < 1.29 is 4.79 Å². The van der Waals surface area contributed by atoms with Crippen molar-refractivity contribution >= 4 is 33.6 Å². The van der Waals surface area contributed by atoms with Gasteiger partial charge in [0, 0.05) is 18.4 Å². The predicted molar refractivity (Wildman–Crippen MR) is 150 cm³/mol. The number of rotatable bonds is 14. The molecule has 3 aromatic rings. The van der Waals surface area contributed by atoms with Crippen molar-refractivity contribution in [3.05, 3.63) is 108 Å². The van der Waals surface area contributed by atoms with Gasteiger partial charge in [-0.1, -0.05) is 114 Å². The summed E-state index contributed by atoms with van der Waals surface area (Å²) in [6.45, 7) is 5.89. The van der Waals surface area contributed by atoms with Crippen LogP contribution in [0.15, 0.2) is 91.0 Å². The zero-order chi connectivity index (χ0) is 24.1. The Kier molecular flexibility index (Phi) is 11.2. The van der Waals surface area contributed by atoms with Crippen molar-refractivity contribution in [3.63, 3.8) is 0 Å². The predicted octanol–water partition coefficient (Wildman–Crippen LogP) is 6.32. The summed E-state index contributed by atoms with van der Waals surface area (Å²) in [5.74, 6) is 0.461. The van der Waals surface area contributed by atoms with Crippen molar-refractivity contribution in [2.24, 2.45) is 0 Å². The van der Waals surface area contributed by atoms with Gasteiger partial charge in [-0.15, -0.1) is 11.8 Å². The van der Waals surface area contributed by atoms with E-state index in [1.54, 1.807) is 11.8 Å². The highest BCUT2D eigenvalue weighted by molar-refractivity contribution is 9.09. The van der Waals surface area contributed by atoms with E-state index in [9.17, 15) is 4.79 Å². The second-order valence-corrected chi connectivity index (χ2v) is 10.3. The fourth-order valence-corrected chi connectivity index (χ4v) is 5.89. The molecule has 0 aliphatic heterocycles. The Morgan fingerprint density at radius 3 is 1.76 bits per heavy atom. The molecule has 0 radical (unpaired) electrons. The van der Waals surface area contributed by atoms with Crippen LogP contribution in [0.3, 0.4) is 0 Å². The van der Waals surface area contributed by atoms with Crippen LogP contribution < -0.4 is 5.32 Å². The minimum absolute atomic E-state index is 0.0779. The third-order valence-corrected chi connectivity index (χ3v) is 7.97. The lowest BCUT2D eigenvalue weighted by Gasteiger charge is -2.35. The zero-order valence-corrected chi connectivity index (χ0v) is 22.4. The molecular formula is C29H35BrN2OS. The smallest absolute Gasteiger partial charge is 0.230 e.